The normalized spacial score (nSPS) is 19.0. The first-order valence-electron chi connectivity index (χ1n) is 12.5. The molecule has 176 valence electrons. The first kappa shape index (κ1) is 27.0. The van der Waals surface area contributed by atoms with Crippen molar-refractivity contribution in [2.24, 2.45) is 0 Å². The van der Waals surface area contributed by atoms with Crippen LogP contribution in [0.3, 0.4) is 0 Å². The van der Waals surface area contributed by atoms with Gasteiger partial charge in [0, 0.05) is 0 Å². The van der Waals surface area contributed by atoms with E-state index in [4.69, 9.17) is 9.47 Å². The van der Waals surface area contributed by atoms with Crippen molar-refractivity contribution in [3.05, 3.63) is 12.2 Å². The van der Waals surface area contributed by atoms with E-state index in [1.807, 2.05) is 34.6 Å². The van der Waals surface area contributed by atoms with Crippen LogP contribution in [0.25, 0.3) is 0 Å². The molecule has 1 saturated heterocycles. The van der Waals surface area contributed by atoms with Crippen LogP contribution in [0, 0.1) is 0 Å². The zero-order chi connectivity index (χ0) is 22.5. The van der Waals surface area contributed by atoms with Gasteiger partial charge in [0.15, 0.2) is 0 Å². The van der Waals surface area contributed by atoms with Crippen LogP contribution in [0.2, 0.25) is 0 Å². The maximum Gasteiger partial charge on any atom is 0.412 e. The molecule has 0 aromatic heterocycles. The van der Waals surface area contributed by atoms with Crippen molar-refractivity contribution in [3.8, 4) is 0 Å². The van der Waals surface area contributed by atoms with Gasteiger partial charge in [-0.2, -0.15) is 0 Å². The number of carbonyl (C=O) groups excluding carboxylic acids is 1. The van der Waals surface area contributed by atoms with Crippen molar-refractivity contribution in [2.75, 3.05) is 6.61 Å². The van der Waals surface area contributed by atoms with Gasteiger partial charge in [0.1, 0.15) is 11.3 Å². The van der Waals surface area contributed by atoms with Gasteiger partial charge in [0.25, 0.3) is 0 Å². The summed E-state index contributed by atoms with van der Waals surface area (Å²) < 4.78 is 11.5. The highest BCUT2D eigenvalue weighted by atomic mass is 16.6. The number of hydrogen-bond acceptors (Lipinski definition) is 3. The first-order chi connectivity index (χ1) is 14.2. The molecule has 1 fully saturated rings. The molecular weight excluding hydrogens is 374 g/mol. The van der Waals surface area contributed by atoms with Crippen molar-refractivity contribution >= 4 is 6.09 Å². The van der Waals surface area contributed by atoms with Crippen molar-refractivity contribution in [1.29, 1.82) is 0 Å². The third-order valence-electron chi connectivity index (χ3n) is 5.71. The molecular formula is C26H49NO3. The Labute approximate surface area is 186 Å². The second-order valence-corrected chi connectivity index (χ2v) is 10.3. The SMILES string of the molecule is CCCCCCCCCCCCC/C=C/C[C@@H]1COC(C)(C)N1C(=O)OC(C)(C)C. The van der Waals surface area contributed by atoms with Crippen LogP contribution in [0.5, 0.6) is 0 Å². The molecule has 4 nitrogen and oxygen atoms in total. The summed E-state index contributed by atoms with van der Waals surface area (Å²) in [4.78, 5) is 14.4. The van der Waals surface area contributed by atoms with Crippen LogP contribution in [0.4, 0.5) is 4.79 Å². The van der Waals surface area contributed by atoms with E-state index < -0.39 is 11.3 Å². The highest BCUT2D eigenvalue weighted by Gasteiger charge is 2.45. The van der Waals surface area contributed by atoms with Gasteiger partial charge >= 0.3 is 6.09 Å². The predicted molar refractivity (Wildman–Crippen MR) is 127 cm³/mol. The van der Waals surface area contributed by atoms with Crippen LogP contribution in [-0.2, 0) is 9.47 Å². The third kappa shape index (κ3) is 11.4. The Bertz CT molecular complexity index is 493. The zero-order valence-electron chi connectivity index (χ0n) is 20.8. The third-order valence-corrected chi connectivity index (χ3v) is 5.71. The van der Waals surface area contributed by atoms with E-state index in [1.165, 1.54) is 70.6 Å². The van der Waals surface area contributed by atoms with Gasteiger partial charge in [0.05, 0.1) is 12.6 Å². The highest BCUT2D eigenvalue weighted by molar-refractivity contribution is 5.69. The summed E-state index contributed by atoms with van der Waals surface area (Å²) in [7, 11) is 0. The van der Waals surface area contributed by atoms with E-state index in [0.29, 0.717) is 6.61 Å². The standard InChI is InChI=1S/C26H49NO3/c1-7-8-9-10-11-12-13-14-15-16-17-18-19-20-21-23-22-29-26(5,6)27(23)24(28)30-25(2,3)4/h19-20,23H,7-18,21-22H2,1-6H3/b20-19+/t23-/m1/s1. The maximum atomic E-state index is 12.6. The monoisotopic (exact) mass is 423 g/mol. The molecule has 1 aliphatic rings. The lowest BCUT2D eigenvalue weighted by Gasteiger charge is -2.34. The van der Waals surface area contributed by atoms with Crippen molar-refractivity contribution in [1.82, 2.24) is 4.90 Å². The molecule has 0 aromatic rings. The van der Waals surface area contributed by atoms with Crippen LogP contribution < -0.4 is 0 Å². The molecule has 0 saturated carbocycles. The van der Waals surface area contributed by atoms with E-state index in [2.05, 4.69) is 19.1 Å². The largest absolute Gasteiger partial charge is 0.444 e. The Morgan fingerprint density at radius 2 is 1.50 bits per heavy atom. The fraction of sp³-hybridized carbons (Fsp3) is 0.885. The zero-order valence-corrected chi connectivity index (χ0v) is 20.8. The average molecular weight is 424 g/mol. The lowest BCUT2D eigenvalue weighted by molar-refractivity contribution is -0.0623. The molecule has 0 unspecified atom stereocenters. The molecule has 0 bridgehead atoms. The van der Waals surface area contributed by atoms with E-state index in [-0.39, 0.29) is 12.1 Å². The molecule has 1 heterocycles. The summed E-state index contributed by atoms with van der Waals surface area (Å²) >= 11 is 0. The molecule has 0 aromatic carbocycles. The van der Waals surface area contributed by atoms with Crippen molar-refractivity contribution in [2.45, 2.75) is 142 Å². The maximum absolute atomic E-state index is 12.6. The second-order valence-electron chi connectivity index (χ2n) is 10.3. The Morgan fingerprint density at radius 1 is 0.967 bits per heavy atom. The summed E-state index contributed by atoms with van der Waals surface area (Å²) in [6, 6.07) is 0.0448. The molecule has 1 aliphatic heterocycles. The Hall–Kier alpha value is -1.03. The predicted octanol–water partition coefficient (Wildman–Crippen LogP) is 8.01. The highest BCUT2D eigenvalue weighted by Crippen LogP contribution is 2.31. The minimum atomic E-state index is -0.614. The smallest absolute Gasteiger partial charge is 0.412 e. The van der Waals surface area contributed by atoms with E-state index in [1.54, 1.807) is 4.90 Å². The minimum absolute atomic E-state index is 0.0448. The van der Waals surface area contributed by atoms with Gasteiger partial charge in [-0.05, 0) is 53.9 Å². The van der Waals surface area contributed by atoms with E-state index >= 15 is 0 Å². The van der Waals surface area contributed by atoms with Gasteiger partial charge in [0.2, 0.25) is 0 Å². The number of nitrogens with zero attached hydrogens (tertiary/aromatic N) is 1. The summed E-state index contributed by atoms with van der Waals surface area (Å²) in [6.45, 7) is 12.4. The molecule has 1 rings (SSSR count). The minimum Gasteiger partial charge on any atom is -0.444 e. The molecule has 0 aliphatic carbocycles. The summed E-state index contributed by atoms with van der Waals surface area (Å²) in [5, 5.41) is 0. The summed E-state index contributed by atoms with van der Waals surface area (Å²) in [5.74, 6) is 0. The van der Waals surface area contributed by atoms with Gasteiger partial charge in [-0.3, -0.25) is 4.90 Å². The lowest BCUT2D eigenvalue weighted by atomic mass is 10.0. The second kappa shape index (κ2) is 14.1. The molecule has 1 atom stereocenters. The van der Waals surface area contributed by atoms with Gasteiger partial charge in [-0.1, -0.05) is 83.3 Å². The molecule has 0 N–H and O–H groups in total. The van der Waals surface area contributed by atoms with Crippen molar-refractivity contribution in [3.63, 3.8) is 0 Å². The van der Waals surface area contributed by atoms with Gasteiger partial charge in [-0.25, -0.2) is 4.79 Å². The van der Waals surface area contributed by atoms with Crippen LogP contribution in [-0.4, -0.2) is 35.0 Å². The number of hydrogen-bond donors (Lipinski definition) is 0. The quantitative estimate of drug-likeness (QED) is 0.210. The lowest BCUT2D eigenvalue weighted by Crippen LogP contribution is -2.49. The number of allylic oxidation sites excluding steroid dienone is 1. The number of ether oxygens (including phenoxy) is 2. The number of rotatable bonds is 14. The Balaban J connectivity index is 2.16. The van der Waals surface area contributed by atoms with Crippen LogP contribution in [0.1, 0.15) is 125 Å². The fourth-order valence-electron chi connectivity index (χ4n) is 4.03. The molecule has 4 heteroatoms. The first-order valence-corrected chi connectivity index (χ1v) is 12.5. The molecule has 0 spiro atoms. The topological polar surface area (TPSA) is 38.8 Å². The molecule has 0 radical (unpaired) electrons. The Morgan fingerprint density at radius 3 is 2.03 bits per heavy atom. The molecule has 1 amide bonds. The summed E-state index contributed by atoms with van der Waals surface area (Å²) in [6.07, 6.45) is 21.3. The number of unbranched alkanes of at least 4 members (excludes halogenated alkanes) is 11. The number of amides is 1. The van der Waals surface area contributed by atoms with E-state index in [0.717, 1.165) is 12.8 Å². The van der Waals surface area contributed by atoms with Crippen molar-refractivity contribution < 1.29 is 14.3 Å². The van der Waals surface area contributed by atoms with E-state index in [9.17, 15) is 4.79 Å². The van der Waals surface area contributed by atoms with Gasteiger partial charge < -0.3 is 9.47 Å². The number of carbonyl (C=O) groups is 1. The average Bonchev–Trinajstić information content (AvgIpc) is 2.95. The summed E-state index contributed by atoms with van der Waals surface area (Å²) in [5.41, 5.74) is -1.11. The Kier molecular flexibility index (Phi) is 12.7. The van der Waals surface area contributed by atoms with Crippen LogP contribution in [0.15, 0.2) is 12.2 Å². The van der Waals surface area contributed by atoms with Crippen LogP contribution >= 0.6 is 0 Å². The fourth-order valence-corrected chi connectivity index (χ4v) is 4.03. The molecule has 30 heavy (non-hydrogen) atoms. The van der Waals surface area contributed by atoms with Gasteiger partial charge in [-0.15, -0.1) is 0 Å².